The number of nitrogens with two attached hydrogens (primary N) is 1. The van der Waals surface area contributed by atoms with Crippen LogP contribution in [0.3, 0.4) is 0 Å². The largest absolute Gasteiger partial charge is 0.409 e. The summed E-state index contributed by atoms with van der Waals surface area (Å²) in [6.45, 7) is 0. The molecule has 0 aliphatic heterocycles. The van der Waals surface area contributed by atoms with E-state index in [1.807, 2.05) is 0 Å². The molecule has 3 N–H and O–H groups in total. The number of thioether (sulfide) groups is 1. The summed E-state index contributed by atoms with van der Waals surface area (Å²) in [6, 6.07) is 0. The second kappa shape index (κ2) is 4.14. The fraction of sp³-hybridized carbons (Fsp3) is 0.250. The normalized spacial score (nSPS) is 11.8. The average molecular weight is 190 g/mol. The molecule has 0 saturated carbocycles. The zero-order valence-electron chi connectivity index (χ0n) is 5.47. The van der Waals surface area contributed by atoms with Gasteiger partial charge in [-0.1, -0.05) is 16.9 Å². The van der Waals surface area contributed by atoms with Crippen molar-refractivity contribution in [1.29, 1.82) is 0 Å². The molecule has 0 aliphatic carbocycles. The molecule has 1 aromatic heterocycles. The van der Waals surface area contributed by atoms with E-state index in [2.05, 4.69) is 14.5 Å². The number of nitrogens with zero attached hydrogens (tertiary/aromatic N) is 3. The van der Waals surface area contributed by atoms with E-state index >= 15 is 0 Å². The maximum atomic E-state index is 8.18. The molecule has 0 bridgehead atoms. The maximum Gasteiger partial charge on any atom is 0.170 e. The van der Waals surface area contributed by atoms with Crippen molar-refractivity contribution in [2.45, 2.75) is 4.34 Å². The number of hydrogen-bond donors (Lipinski definition) is 2. The van der Waals surface area contributed by atoms with Crippen LogP contribution in [0.25, 0.3) is 0 Å². The third kappa shape index (κ3) is 2.72. The van der Waals surface area contributed by atoms with E-state index in [9.17, 15) is 0 Å². The van der Waals surface area contributed by atoms with Crippen LogP contribution in [0.1, 0.15) is 0 Å². The SMILES string of the molecule is NC(CSc1ncns1)=NO. The van der Waals surface area contributed by atoms with Crippen LogP contribution in [0.4, 0.5) is 0 Å². The summed E-state index contributed by atoms with van der Waals surface area (Å²) in [6.07, 6.45) is 1.47. The summed E-state index contributed by atoms with van der Waals surface area (Å²) in [5, 5.41) is 11.0. The van der Waals surface area contributed by atoms with E-state index in [0.29, 0.717) is 5.75 Å². The Hall–Kier alpha value is -0.820. The molecule has 0 radical (unpaired) electrons. The molecule has 0 aliphatic rings. The first-order valence-electron chi connectivity index (χ1n) is 2.69. The maximum absolute atomic E-state index is 8.18. The van der Waals surface area contributed by atoms with Gasteiger partial charge in [-0.2, -0.15) is 4.37 Å². The van der Waals surface area contributed by atoms with Gasteiger partial charge in [-0.15, -0.1) is 0 Å². The van der Waals surface area contributed by atoms with Gasteiger partial charge in [0.25, 0.3) is 0 Å². The number of hydrogen-bond acceptors (Lipinski definition) is 6. The van der Waals surface area contributed by atoms with Crippen LogP contribution < -0.4 is 5.73 Å². The van der Waals surface area contributed by atoms with Crippen LogP contribution in [0, 0.1) is 0 Å². The lowest BCUT2D eigenvalue weighted by Crippen LogP contribution is -2.13. The number of aromatic nitrogens is 2. The first kappa shape index (κ1) is 8.28. The summed E-state index contributed by atoms with van der Waals surface area (Å²) in [7, 11) is 0. The fourth-order valence-corrected chi connectivity index (χ4v) is 1.64. The monoisotopic (exact) mass is 190 g/mol. The van der Waals surface area contributed by atoms with Crippen LogP contribution in [0.5, 0.6) is 0 Å². The van der Waals surface area contributed by atoms with Gasteiger partial charge >= 0.3 is 0 Å². The number of oxime groups is 1. The zero-order chi connectivity index (χ0) is 8.10. The highest BCUT2D eigenvalue weighted by atomic mass is 32.2. The van der Waals surface area contributed by atoms with Gasteiger partial charge in [-0.05, 0) is 11.5 Å². The van der Waals surface area contributed by atoms with Crippen molar-refractivity contribution in [1.82, 2.24) is 9.36 Å². The van der Waals surface area contributed by atoms with Crippen LogP contribution in [-0.4, -0.2) is 26.2 Å². The molecular weight excluding hydrogens is 184 g/mol. The molecule has 0 spiro atoms. The van der Waals surface area contributed by atoms with Crippen LogP contribution in [0.15, 0.2) is 15.8 Å². The quantitative estimate of drug-likeness (QED) is 0.236. The van der Waals surface area contributed by atoms with Gasteiger partial charge in [0.2, 0.25) is 0 Å². The zero-order valence-corrected chi connectivity index (χ0v) is 7.10. The number of amidine groups is 1. The Morgan fingerprint density at radius 2 is 2.73 bits per heavy atom. The molecule has 5 nitrogen and oxygen atoms in total. The summed E-state index contributed by atoms with van der Waals surface area (Å²) in [5.74, 6) is 0.622. The van der Waals surface area contributed by atoms with Crippen molar-refractivity contribution in [3.63, 3.8) is 0 Å². The molecule has 11 heavy (non-hydrogen) atoms. The lowest BCUT2D eigenvalue weighted by Gasteiger charge is -1.92. The summed E-state index contributed by atoms with van der Waals surface area (Å²) >= 11 is 2.67. The Morgan fingerprint density at radius 3 is 3.27 bits per heavy atom. The molecule has 0 unspecified atom stereocenters. The van der Waals surface area contributed by atoms with Gasteiger partial charge in [-0.25, -0.2) is 4.98 Å². The van der Waals surface area contributed by atoms with E-state index in [1.165, 1.54) is 29.6 Å². The van der Waals surface area contributed by atoms with Crippen molar-refractivity contribution >= 4 is 29.1 Å². The highest BCUT2D eigenvalue weighted by molar-refractivity contribution is 8.01. The first-order chi connectivity index (χ1) is 5.33. The standard InChI is InChI=1S/C4H6N4OS2/c5-3(8-9)1-10-4-6-2-7-11-4/h2,9H,1H2,(H2,5,8). The smallest absolute Gasteiger partial charge is 0.170 e. The number of rotatable bonds is 3. The van der Waals surface area contributed by atoms with E-state index in [0.717, 1.165) is 4.34 Å². The molecule has 1 aromatic rings. The molecule has 0 saturated heterocycles. The van der Waals surface area contributed by atoms with Crippen LogP contribution >= 0.6 is 23.3 Å². The Balaban J connectivity index is 2.35. The Bertz CT molecular complexity index is 234. The van der Waals surface area contributed by atoms with E-state index < -0.39 is 0 Å². The third-order valence-electron chi connectivity index (χ3n) is 0.813. The van der Waals surface area contributed by atoms with Crippen LogP contribution in [0.2, 0.25) is 0 Å². The van der Waals surface area contributed by atoms with Gasteiger partial charge in [0.15, 0.2) is 4.34 Å². The molecule has 60 valence electrons. The van der Waals surface area contributed by atoms with Gasteiger partial charge in [0.1, 0.15) is 12.2 Å². The molecule has 0 aromatic carbocycles. The molecule has 1 heterocycles. The molecular formula is C4H6N4OS2. The lowest BCUT2D eigenvalue weighted by molar-refractivity contribution is 0.318. The second-order valence-corrected chi connectivity index (χ2v) is 3.59. The second-order valence-electron chi connectivity index (χ2n) is 1.59. The van der Waals surface area contributed by atoms with Gasteiger partial charge in [0, 0.05) is 0 Å². The predicted molar refractivity (Wildman–Crippen MR) is 44.0 cm³/mol. The topological polar surface area (TPSA) is 84.4 Å². The lowest BCUT2D eigenvalue weighted by atomic mass is 10.7. The highest BCUT2D eigenvalue weighted by Crippen LogP contribution is 2.17. The molecule has 0 atom stereocenters. The molecule has 7 heteroatoms. The minimum atomic E-state index is 0.185. The third-order valence-corrected chi connectivity index (χ3v) is 2.64. The van der Waals surface area contributed by atoms with Gasteiger partial charge in [0.05, 0.1) is 5.75 Å². The molecule has 0 fully saturated rings. The van der Waals surface area contributed by atoms with Crippen molar-refractivity contribution in [3.8, 4) is 0 Å². The van der Waals surface area contributed by atoms with Crippen LogP contribution in [-0.2, 0) is 0 Å². The summed E-state index contributed by atoms with van der Waals surface area (Å²) in [4.78, 5) is 3.90. The minimum Gasteiger partial charge on any atom is -0.409 e. The minimum absolute atomic E-state index is 0.185. The highest BCUT2D eigenvalue weighted by Gasteiger charge is 1.98. The summed E-state index contributed by atoms with van der Waals surface area (Å²) < 4.78 is 4.61. The fourth-order valence-electron chi connectivity index (χ4n) is 0.391. The van der Waals surface area contributed by atoms with E-state index in [1.54, 1.807) is 0 Å². The van der Waals surface area contributed by atoms with Crippen molar-refractivity contribution in [3.05, 3.63) is 6.33 Å². The van der Waals surface area contributed by atoms with Crippen molar-refractivity contribution in [2.24, 2.45) is 10.9 Å². The molecule has 0 amide bonds. The Labute approximate surface area is 71.5 Å². The summed E-state index contributed by atoms with van der Waals surface area (Å²) in [5.41, 5.74) is 5.23. The van der Waals surface area contributed by atoms with Gasteiger partial charge in [-0.3, -0.25) is 0 Å². The first-order valence-corrected chi connectivity index (χ1v) is 4.44. The van der Waals surface area contributed by atoms with Crippen molar-refractivity contribution in [2.75, 3.05) is 5.75 Å². The van der Waals surface area contributed by atoms with E-state index in [-0.39, 0.29) is 5.84 Å². The molecule has 1 rings (SSSR count). The Kier molecular flexibility index (Phi) is 3.12. The predicted octanol–water partition coefficient (Wildman–Crippen LogP) is 0.377. The Morgan fingerprint density at radius 1 is 1.91 bits per heavy atom. The van der Waals surface area contributed by atoms with Gasteiger partial charge < -0.3 is 10.9 Å². The van der Waals surface area contributed by atoms with Crippen molar-refractivity contribution < 1.29 is 5.21 Å². The van der Waals surface area contributed by atoms with E-state index in [4.69, 9.17) is 10.9 Å². The average Bonchev–Trinajstić information content (AvgIpc) is 2.52.